The smallest absolute Gasteiger partial charge is 0.328 e. The molecule has 1 aliphatic rings. The summed E-state index contributed by atoms with van der Waals surface area (Å²) < 4.78 is 2.19. The standard InChI is InChI=1S/C21H25N3.C4H4O4/c1-17(15-18-9-4-2-5-10-18)24-21-12-8-11-20(19(21)16-22-24)23-13-6-3-7-14-23;5-3(6)1-2-4(7)8/h2,4-5,8-12,16-17H,3,6-7,13-15H2,1H3;1-2H,(H,5,6)(H,7,8). The van der Waals surface area contributed by atoms with Crippen molar-refractivity contribution in [3.63, 3.8) is 0 Å². The quantitative estimate of drug-likeness (QED) is 0.552. The van der Waals surface area contributed by atoms with Gasteiger partial charge in [-0.3, -0.25) is 4.68 Å². The van der Waals surface area contributed by atoms with Crippen LogP contribution in [-0.4, -0.2) is 45.0 Å². The summed E-state index contributed by atoms with van der Waals surface area (Å²) in [6.07, 6.45) is 8.14. The third kappa shape index (κ3) is 6.20. The van der Waals surface area contributed by atoms with Crippen molar-refractivity contribution in [2.75, 3.05) is 18.0 Å². The first-order valence-corrected chi connectivity index (χ1v) is 10.8. The van der Waals surface area contributed by atoms with Gasteiger partial charge in [0.1, 0.15) is 0 Å². The number of carboxylic acids is 2. The number of hydrogen-bond acceptors (Lipinski definition) is 4. The Morgan fingerprint density at radius 2 is 1.62 bits per heavy atom. The van der Waals surface area contributed by atoms with E-state index in [9.17, 15) is 9.59 Å². The summed E-state index contributed by atoms with van der Waals surface area (Å²) >= 11 is 0. The monoisotopic (exact) mass is 435 g/mol. The average Bonchev–Trinajstić information content (AvgIpc) is 3.24. The second-order valence-corrected chi connectivity index (χ2v) is 7.90. The Kier molecular flexibility index (Phi) is 8.02. The molecule has 3 aromatic rings. The van der Waals surface area contributed by atoms with Gasteiger partial charge in [0.15, 0.2) is 0 Å². The van der Waals surface area contributed by atoms with E-state index in [1.54, 1.807) is 0 Å². The maximum atomic E-state index is 9.55. The van der Waals surface area contributed by atoms with Crippen molar-refractivity contribution in [2.45, 2.75) is 38.6 Å². The van der Waals surface area contributed by atoms with E-state index in [1.165, 1.54) is 54.5 Å². The summed E-state index contributed by atoms with van der Waals surface area (Å²) in [6.45, 7) is 4.60. The van der Waals surface area contributed by atoms with Crippen LogP contribution in [-0.2, 0) is 16.0 Å². The lowest BCUT2D eigenvalue weighted by Gasteiger charge is -2.29. The summed E-state index contributed by atoms with van der Waals surface area (Å²) in [5.74, 6) is -2.51. The zero-order valence-corrected chi connectivity index (χ0v) is 18.2. The minimum absolute atomic E-state index is 0.349. The van der Waals surface area contributed by atoms with Gasteiger partial charge in [0, 0.05) is 36.3 Å². The van der Waals surface area contributed by atoms with Crippen LogP contribution in [0.1, 0.15) is 37.8 Å². The molecule has 1 saturated heterocycles. The molecule has 7 nitrogen and oxygen atoms in total. The number of carbonyl (C=O) groups is 2. The molecule has 168 valence electrons. The van der Waals surface area contributed by atoms with Gasteiger partial charge in [-0.25, -0.2) is 9.59 Å². The fraction of sp³-hybridized carbons (Fsp3) is 0.320. The van der Waals surface area contributed by atoms with Gasteiger partial charge in [0.2, 0.25) is 0 Å². The molecule has 1 fully saturated rings. The second kappa shape index (κ2) is 11.1. The molecule has 1 unspecified atom stereocenters. The zero-order chi connectivity index (χ0) is 22.9. The molecule has 0 radical (unpaired) electrons. The first-order chi connectivity index (χ1) is 15.5. The van der Waals surface area contributed by atoms with Crippen molar-refractivity contribution >= 4 is 28.5 Å². The van der Waals surface area contributed by atoms with Gasteiger partial charge in [-0.1, -0.05) is 36.4 Å². The van der Waals surface area contributed by atoms with Crippen molar-refractivity contribution in [3.05, 3.63) is 72.4 Å². The lowest BCUT2D eigenvalue weighted by atomic mass is 10.1. The third-order valence-electron chi connectivity index (χ3n) is 5.47. The number of anilines is 1. The molecule has 0 aliphatic carbocycles. The lowest BCUT2D eigenvalue weighted by Crippen LogP contribution is -2.29. The summed E-state index contributed by atoms with van der Waals surface area (Å²) in [5.41, 5.74) is 3.97. The molecule has 2 heterocycles. The van der Waals surface area contributed by atoms with Gasteiger partial charge in [-0.05, 0) is 50.3 Å². The van der Waals surface area contributed by atoms with Gasteiger partial charge in [-0.2, -0.15) is 5.10 Å². The van der Waals surface area contributed by atoms with Crippen molar-refractivity contribution in [1.82, 2.24) is 9.78 Å². The average molecular weight is 436 g/mol. The first-order valence-electron chi connectivity index (χ1n) is 10.8. The number of benzene rings is 2. The van der Waals surface area contributed by atoms with Gasteiger partial charge in [-0.15, -0.1) is 0 Å². The maximum Gasteiger partial charge on any atom is 0.328 e. The Morgan fingerprint density at radius 1 is 0.969 bits per heavy atom. The summed E-state index contributed by atoms with van der Waals surface area (Å²) in [7, 11) is 0. The molecule has 0 bridgehead atoms. The molecular weight excluding hydrogens is 406 g/mol. The van der Waals surface area contributed by atoms with Crippen LogP contribution in [0.4, 0.5) is 5.69 Å². The van der Waals surface area contributed by atoms with Crippen molar-refractivity contribution in [1.29, 1.82) is 0 Å². The fourth-order valence-electron chi connectivity index (χ4n) is 4.00. The Bertz CT molecular complexity index is 1050. The fourth-order valence-corrected chi connectivity index (χ4v) is 4.00. The van der Waals surface area contributed by atoms with E-state index >= 15 is 0 Å². The highest BCUT2D eigenvalue weighted by Crippen LogP contribution is 2.30. The van der Waals surface area contributed by atoms with Gasteiger partial charge >= 0.3 is 11.9 Å². The highest BCUT2D eigenvalue weighted by atomic mass is 16.4. The molecule has 1 aromatic heterocycles. The predicted molar refractivity (Wildman–Crippen MR) is 125 cm³/mol. The number of rotatable bonds is 6. The summed E-state index contributed by atoms with van der Waals surface area (Å²) in [5, 5.41) is 21.7. The minimum atomic E-state index is -1.26. The molecule has 0 amide bonds. The normalized spacial score (nSPS) is 14.7. The van der Waals surface area contributed by atoms with E-state index in [0.29, 0.717) is 18.2 Å². The molecule has 2 N–H and O–H groups in total. The minimum Gasteiger partial charge on any atom is -0.478 e. The van der Waals surface area contributed by atoms with Gasteiger partial charge in [0.25, 0.3) is 0 Å². The Morgan fingerprint density at radius 3 is 2.25 bits per heavy atom. The van der Waals surface area contributed by atoms with Crippen LogP contribution < -0.4 is 4.90 Å². The van der Waals surface area contributed by atoms with Crippen LogP contribution in [0.5, 0.6) is 0 Å². The van der Waals surface area contributed by atoms with Gasteiger partial charge < -0.3 is 15.1 Å². The Labute approximate surface area is 187 Å². The van der Waals surface area contributed by atoms with Crippen LogP contribution in [0.3, 0.4) is 0 Å². The number of hydrogen-bond donors (Lipinski definition) is 2. The van der Waals surface area contributed by atoms with E-state index in [-0.39, 0.29) is 0 Å². The van der Waals surface area contributed by atoms with Crippen LogP contribution in [0.2, 0.25) is 0 Å². The Hall–Kier alpha value is -3.61. The predicted octanol–water partition coefficient (Wildman–Crippen LogP) is 4.54. The van der Waals surface area contributed by atoms with Crippen LogP contribution >= 0.6 is 0 Å². The summed E-state index contributed by atoms with van der Waals surface area (Å²) in [6, 6.07) is 17.7. The third-order valence-corrected chi connectivity index (χ3v) is 5.47. The molecule has 1 aliphatic heterocycles. The number of nitrogens with zero attached hydrogens (tertiary/aromatic N) is 3. The van der Waals surface area contributed by atoms with E-state index in [2.05, 4.69) is 71.2 Å². The van der Waals surface area contributed by atoms with Crippen molar-refractivity contribution < 1.29 is 19.8 Å². The number of fused-ring (bicyclic) bond motifs is 1. The molecule has 0 saturated carbocycles. The molecule has 2 aromatic carbocycles. The van der Waals surface area contributed by atoms with Crippen LogP contribution in [0.25, 0.3) is 10.9 Å². The molecule has 0 spiro atoms. The van der Waals surface area contributed by atoms with E-state index in [4.69, 9.17) is 15.3 Å². The SMILES string of the molecule is CC(Cc1ccccc1)n1ncc2c(N3CCCCC3)cccc21.O=C(O)C=CC(=O)O. The molecule has 7 heteroatoms. The highest BCUT2D eigenvalue weighted by Gasteiger charge is 2.17. The number of aromatic nitrogens is 2. The van der Waals surface area contributed by atoms with Crippen LogP contribution in [0, 0.1) is 0 Å². The topological polar surface area (TPSA) is 95.7 Å². The highest BCUT2D eigenvalue weighted by molar-refractivity contribution is 5.92. The van der Waals surface area contributed by atoms with Gasteiger partial charge in [0.05, 0.1) is 17.8 Å². The molecule has 4 rings (SSSR count). The van der Waals surface area contributed by atoms with E-state index in [1.807, 2.05) is 0 Å². The second-order valence-electron chi connectivity index (χ2n) is 7.90. The number of aliphatic carboxylic acids is 2. The van der Waals surface area contributed by atoms with Crippen molar-refractivity contribution in [2.24, 2.45) is 0 Å². The summed E-state index contributed by atoms with van der Waals surface area (Å²) in [4.78, 5) is 21.6. The van der Waals surface area contributed by atoms with Crippen molar-refractivity contribution in [3.8, 4) is 0 Å². The lowest BCUT2D eigenvalue weighted by molar-refractivity contribution is -0.134. The zero-order valence-electron chi connectivity index (χ0n) is 18.2. The first kappa shape index (κ1) is 23.1. The van der Waals surface area contributed by atoms with E-state index < -0.39 is 11.9 Å². The molecule has 32 heavy (non-hydrogen) atoms. The van der Waals surface area contributed by atoms with E-state index in [0.717, 1.165) is 6.42 Å². The number of carboxylic acid groups (broad SMARTS) is 2. The Balaban J connectivity index is 0.000000312. The van der Waals surface area contributed by atoms with Crippen LogP contribution in [0.15, 0.2) is 66.9 Å². The molecular formula is C25H29N3O4. The molecule has 1 atom stereocenters. The largest absolute Gasteiger partial charge is 0.478 e. The maximum absolute atomic E-state index is 9.55. The number of piperidine rings is 1.